The van der Waals surface area contributed by atoms with Crippen LogP contribution in [0.5, 0.6) is 0 Å². The van der Waals surface area contributed by atoms with Gasteiger partial charge in [0.05, 0.1) is 17.5 Å². The number of carbonyl (C=O) groups is 3. The number of amides is 4. The Kier molecular flexibility index (Phi) is 5.74. The van der Waals surface area contributed by atoms with Crippen LogP contribution >= 0.6 is 0 Å². The second-order valence-corrected chi connectivity index (χ2v) is 7.23. The number of hydrogen-bond acceptors (Lipinski definition) is 4. The van der Waals surface area contributed by atoms with Crippen LogP contribution in [-0.2, 0) is 22.4 Å². The Bertz CT molecular complexity index is 1030. The Morgan fingerprint density at radius 2 is 1.80 bits per heavy atom. The molecule has 1 atom stereocenters. The van der Waals surface area contributed by atoms with Gasteiger partial charge in [-0.05, 0) is 24.1 Å². The molecule has 154 valence electrons. The van der Waals surface area contributed by atoms with Crippen LogP contribution in [0.3, 0.4) is 0 Å². The molecule has 4 rings (SSSR count). The Labute approximate surface area is 173 Å². The lowest BCUT2D eigenvalue weighted by atomic mass is 10.1. The van der Waals surface area contributed by atoms with Crippen molar-refractivity contribution in [3.8, 4) is 0 Å². The highest BCUT2D eigenvalue weighted by Crippen LogP contribution is 2.12. The number of hydrogen-bond donors (Lipinski definition) is 3. The van der Waals surface area contributed by atoms with Gasteiger partial charge < -0.3 is 15.6 Å². The van der Waals surface area contributed by atoms with Crippen LogP contribution < -0.4 is 10.6 Å². The van der Waals surface area contributed by atoms with Crippen LogP contribution in [0.2, 0.25) is 0 Å². The summed E-state index contributed by atoms with van der Waals surface area (Å²) in [6.07, 6.45) is 1.05. The third-order valence-corrected chi connectivity index (χ3v) is 5.09. The van der Waals surface area contributed by atoms with Crippen molar-refractivity contribution in [2.24, 2.45) is 0 Å². The number of urea groups is 1. The predicted molar refractivity (Wildman–Crippen MR) is 112 cm³/mol. The molecule has 1 saturated heterocycles. The average molecular weight is 405 g/mol. The first-order chi connectivity index (χ1) is 14.6. The van der Waals surface area contributed by atoms with E-state index in [9.17, 15) is 14.4 Å². The molecule has 3 aromatic rings. The van der Waals surface area contributed by atoms with Gasteiger partial charge in [0, 0.05) is 19.5 Å². The van der Waals surface area contributed by atoms with Crippen molar-refractivity contribution in [1.29, 1.82) is 0 Å². The molecule has 1 aromatic heterocycles. The highest BCUT2D eigenvalue weighted by atomic mass is 16.2. The molecule has 2 heterocycles. The van der Waals surface area contributed by atoms with Crippen LogP contribution in [0.4, 0.5) is 4.79 Å². The number of aromatic amines is 1. The largest absolute Gasteiger partial charge is 0.356 e. The summed E-state index contributed by atoms with van der Waals surface area (Å²) in [4.78, 5) is 45.7. The van der Waals surface area contributed by atoms with Crippen molar-refractivity contribution in [1.82, 2.24) is 25.5 Å². The summed E-state index contributed by atoms with van der Waals surface area (Å²) < 4.78 is 0. The molecule has 0 saturated carbocycles. The van der Waals surface area contributed by atoms with Gasteiger partial charge in [-0.1, -0.05) is 42.5 Å². The molecule has 8 nitrogen and oxygen atoms in total. The van der Waals surface area contributed by atoms with Crippen molar-refractivity contribution in [3.63, 3.8) is 0 Å². The molecule has 1 aliphatic heterocycles. The Morgan fingerprint density at radius 1 is 1.03 bits per heavy atom. The molecular formula is C22H23N5O3. The summed E-state index contributed by atoms with van der Waals surface area (Å²) in [5, 5.41) is 5.39. The van der Waals surface area contributed by atoms with E-state index in [-0.39, 0.29) is 18.2 Å². The van der Waals surface area contributed by atoms with Gasteiger partial charge in [-0.15, -0.1) is 0 Å². The number of carbonyl (C=O) groups excluding carboxylic acids is 3. The maximum absolute atomic E-state index is 12.5. The lowest BCUT2D eigenvalue weighted by Crippen LogP contribution is -2.37. The first-order valence-electron chi connectivity index (χ1n) is 9.96. The fraction of sp³-hybridized carbons (Fsp3) is 0.273. The minimum atomic E-state index is -0.820. The molecule has 0 spiro atoms. The van der Waals surface area contributed by atoms with E-state index in [4.69, 9.17) is 0 Å². The van der Waals surface area contributed by atoms with Crippen LogP contribution in [0.15, 0.2) is 54.6 Å². The molecule has 2 aromatic carbocycles. The monoisotopic (exact) mass is 405 g/mol. The summed E-state index contributed by atoms with van der Waals surface area (Å²) in [6.45, 7) is 0.685. The van der Waals surface area contributed by atoms with Gasteiger partial charge in [0.2, 0.25) is 5.91 Å². The fourth-order valence-electron chi connectivity index (χ4n) is 3.51. The lowest BCUT2D eigenvalue weighted by Gasteiger charge is -2.13. The summed E-state index contributed by atoms with van der Waals surface area (Å²) in [5.41, 5.74) is 2.88. The van der Waals surface area contributed by atoms with Gasteiger partial charge in [0.25, 0.3) is 5.91 Å². The van der Waals surface area contributed by atoms with Gasteiger partial charge in [-0.2, -0.15) is 0 Å². The van der Waals surface area contributed by atoms with E-state index in [1.54, 1.807) is 0 Å². The van der Waals surface area contributed by atoms with Gasteiger partial charge in [0.1, 0.15) is 11.9 Å². The molecule has 30 heavy (non-hydrogen) atoms. The topological polar surface area (TPSA) is 107 Å². The highest BCUT2D eigenvalue weighted by molar-refractivity contribution is 6.05. The average Bonchev–Trinajstić information content (AvgIpc) is 3.27. The Morgan fingerprint density at radius 3 is 2.60 bits per heavy atom. The molecule has 3 N–H and O–H groups in total. The van der Waals surface area contributed by atoms with Crippen molar-refractivity contribution < 1.29 is 14.4 Å². The summed E-state index contributed by atoms with van der Waals surface area (Å²) in [6, 6.07) is 16.1. The fourth-order valence-corrected chi connectivity index (χ4v) is 3.51. The van der Waals surface area contributed by atoms with E-state index in [1.165, 1.54) is 4.90 Å². The zero-order valence-electron chi connectivity index (χ0n) is 16.4. The molecule has 0 radical (unpaired) electrons. The number of imide groups is 1. The van der Waals surface area contributed by atoms with Gasteiger partial charge in [-0.3, -0.25) is 14.5 Å². The van der Waals surface area contributed by atoms with Crippen molar-refractivity contribution in [2.45, 2.75) is 25.3 Å². The number of nitrogens with one attached hydrogen (secondary N) is 3. The zero-order valence-corrected chi connectivity index (χ0v) is 16.4. The normalized spacial score (nSPS) is 16.1. The Hall–Kier alpha value is -3.68. The van der Waals surface area contributed by atoms with E-state index >= 15 is 0 Å². The van der Waals surface area contributed by atoms with E-state index in [1.807, 2.05) is 54.6 Å². The summed E-state index contributed by atoms with van der Waals surface area (Å²) in [7, 11) is 0. The van der Waals surface area contributed by atoms with Crippen LogP contribution in [0, 0.1) is 0 Å². The minimum Gasteiger partial charge on any atom is -0.356 e. The molecule has 0 unspecified atom stereocenters. The number of para-hydroxylation sites is 2. The second-order valence-electron chi connectivity index (χ2n) is 7.23. The zero-order chi connectivity index (χ0) is 20.9. The number of H-pyrrole nitrogens is 1. The standard InChI is InChI=1S/C22H23N5O3/c28-20(23-12-10-19-24-16-8-4-5-9-17(16)25-19)14-18-21(29)27(22(30)26-18)13-11-15-6-2-1-3-7-15/h1-9,18H,10-14H2,(H,23,28)(H,24,25)(H,26,30)/t18-/m0/s1. The van der Waals surface area contributed by atoms with Crippen LogP contribution in [0.25, 0.3) is 11.0 Å². The molecule has 1 fully saturated rings. The van der Waals surface area contributed by atoms with E-state index in [0.717, 1.165) is 22.4 Å². The van der Waals surface area contributed by atoms with Crippen LogP contribution in [0.1, 0.15) is 17.8 Å². The number of nitrogens with zero attached hydrogens (tertiary/aromatic N) is 2. The van der Waals surface area contributed by atoms with E-state index in [0.29, 0.717) is 25.9 Å². The second kappa shape index (κ2) is 8.77. The molecule has 1 aliphatic rings. The molecule has 0 aliphatic carbocycles. The SMILES string of the molecule is O=C(C[C@@H]1NC(=O)N(CCc2ccccc2)C1=O)NCCc1nc2ccccc2[nH]1. The molecule has 4 amide bonds. The maximum atomic E-state index is 12.5. The molecular weight excluding hydrogens is 382 g/mol. The first-order valence-corrected chi connectivity index (χ1v) is 9.96. The smallest absolute Gasteiger partial charge is 0.324 e. The number of fused-ring (bicyclic) bond motifs is 1. The third kappa shape index (κ3) is 4.48. The van der Waals surface area contributed by atoms with E-state index < -0.39 is 12.1 Å². The maximum Gasteiger partial charge on any atom is 0.324 e. The van der Waals surface area contributed by atoms with Crippen molar-refractivity contribution >= 4 is 28.9 Å². The first kappa shape index (κ1) is 19.6. The number of aromatic nitrogens is 2. The number of rotatable bonds is 8. The summed E-state index contributed by atoms with van der Waals surface area (Å²) in [5.74, 6) is 0.145. The van der Waals surface area contributed by atoms with Crippen molar-refractivity contribution in [3.05, 3.63) is 66.0 Å². The summed E-state index contributed by atoms with van der Waals surface area (Å²) >= 11 is 0. The molecule has 0 bridgehead atoms. The highest BCUT2D eigenvalue weighted by Gasteiger charge is 2.38. The van der Waals surface area contributed by atoms with Gasteiger partial charge in [0.15, 0.2) is 0 Å². The van der Waals surface area contributed by atoms with Gasteiger partial charge in [-0.25, -0.2) is 9.78 Å². The lowest BCUT2D eigenvalue weighted by molar-refractivity contribution is -0.130. The van der Waals surface area contributed by atoms with Gasteiger partial charge >= 0.3 is 6.03 Å². The Balaban J connectivity index is 1.23. The quantitative estimate of drug-likeness (QED) is 0.497. The van der Waals surface area contributed by atoms with Crippen molar-refractivity contribution in [2.75, 3.05) is 13.1 Å². The van der Waals surface area contributed by atoms with E-state index in [2.05, 4.69) is 20.6 Å². The predicted octanol–water partition coefficient (Wildman–Crippen LogP) is 1.77. The van der Waals surface area contributed by atoms with Crippen LogP contribution in [-0.4, -0.2) is 51.8 Å². The molecule has 8 heteroatoms. The third-order valence-electron chi connectivity index (χ3n) is 5.09. The minimum absolute atomic E-state index is 0.0768. The number of imidazole rings is 1. The number of benzene rings is 2.